The molecule has 0 radical (unpaired) electrons. The van der Waals surface area contributed by atoms with E-state index in [4.69, 9.17) is 12.2 Å². The number of hydrogen-bond donors (Lipinski definition) is 2. The van der Waals surface area contributed by atoms with E-state index in [1.165, 1.54) is 0 Å². The minimum Gasteiger partial charge on any atom is -0.351 e. The predicted octanol–water partition coefficient (Wildman–Crippen LogP) is 6.11. The Morgan fingerprint density at radius 1 is 1.00 bits per heavy atom. The molecule has 38 heavy (non-hydrogen) atoms. The summed E-state index contributed by atoms with van der Waals surface area (Å²) in [5, 5.41) is 4.10. The van der Waals surface area contributed by atoms with Gasteiger partial charge in [0.1, 0.15) is 0 Å². The first-order chi connectivity index (χ1) is 18.0. The maximum absolute atomic E-state index is 11.8. The molecule has 0 spiro atoms. The normalized spacial score (nSPS) is 17.5. The van der Waals surface area contributed by atoms with Gasteiger partial charge in [0.15, 0.2) is 5.11 Å². The molecule has 0 bridgehead atoms. The molecule has 2 aromatic carbocycles. The first-order valence-electron chi connectivity index (χ1n) is 12.1. The lowest BCUT2D eigenvalue weighted by Crippen LogP contribution is -2.29. The van der Waals surface area contributed by atoms with Gasteiger partial charge in [-0.3, -0.25) is 9.71 Å². The van der Waals surface area contributed by atoms with Gasteiger partial charge in [-0.25, -0.2) is 8.42 Å². The number of benzene rings is 2. The number of nitrogens with one attached hydrogen (secondary N) is 2. The number of hydrogen-bond acceptors (Lipinski definition) is 4. The van der Waals surface area contributed by atoms with Crippen LogP contribution in [0.2, 0.25) is 0 Å². The molecule has 1 aliphatic heterocycles. The summed E-state index contributed by atoms with van der Waals surface area (Å²) in [6.07, 6.45) is 2.94. The lowest BCUT2D eigenvalue weighted by Gasteiger charge is -2.29. The maximum Gasteiger partial charge on any atom is 0.229 e. The summed E-state index contributed by atoms with van der Waals surface area (Å²) < 4.78 is 29.5. The lowest BCUT2D eigenvalue weighted by atomic mass is 9.96. The summed E-state index contributed by atoms with van der Waals surface area (Å²) in [6, 6.07) is 21.7. The third-order valence-corrected chi connectivity index (χ3v) is 8.19. The molecular weight excluding hydrogens is 582 g/mol. The Morgan fingerprint density at radius 2 is 1.71 bits per heavy atom. The Kier molecular flexibility index (Phi) is 7.06. The number of aryl methyl sites for hydroxylation is 2. The lowest BCUT2D eigenvalue weighted by molar-refractivity contribution is 0.565. The second-order valence-electron chi connectivity index (χ2n) is 9.51. The van der Waals surface area contributed by atoms with Crippen molar-refractivity contribution < 1.29 is 8.42 Å². The van der Waals surface area contributed by atoms with Crippen molar-refractivity contribution in [3.05, 3.63) is 106 Å². The van der Waals surface area contributed by atoms with Crippen molar-refractivity contribution >= 4 is 54.7 Å². The molecule has 2 aromatic heterocycles. The molecule has 5 rings (SSSR count). The van der Waals surface area contributed by atoms with E-state index >= 15 is 0 Å². The van der Waals surface area contributed by atoms with Crippen LogP contribution in [0.1, 0.15) is 40.3 Å². The van der Waals surface area contributed by atoms with Crippen LogP contribution in [0.3, 0.4) is 0 Å². The Balaban J connectivity index is 1.65. The molecule has 0 unspecified atom stereocenters. The van der Waals surface area contributed by atoms with Crippen molar-refractivity contribution in [1.82, 2.24) is 14.9 Å². The Hall–Kier alpha value is -3.21. The van der Waals surface area contributed by atoms with Crippen molar-refractivity contribution in [3.63, 3.8) is 0 Å². The van der Waals surface area contributed by atoms with Crippen molar-refractivity contribution in [2.75, 3.05) is 15.9 Å². The molecular formula is C28H28BrN5O2S2. The SMILES string of the molecule is Cc1cc(N2C(=S)N[C@@H](c3ccccn3)[C@@H]2c2cc(C)n(-c3ccc(Br)cc3)c2C)ccc1NS(C)(=O)=O. The molecule has 10 heteroatoms. The highest BCUT2D eigenvalue weighted by Gasteiger charge is 2.42. The fourth-order valence-corrected chi connectivity index (χ4v) is 6.37. The monoisotopic (exact) mass is 609 g/mol. The van der Waals surface area contributed by atoms with Crippen molar-refractivity contribution in [1.29, 1.82) is 0 Å². The molecule has 2 atom stereocenters. The Labute approximate surface area is 237 Å². The van der Waals surface area contributed by atoms with Gasteiger partial charge in [-0.1, -0.05) is 22.0 Å². The minimum absolute atomic E-state index is 0.180. The van der Waals surface area contributed by atoms with Gasteiger partial charge in [0.2, 0.25) is 10.0 Å². The zero-order chi connectivity index (χ0) is 27.2. The summed E-state index contributed by atoms with van der Waals surface area (Å²) in [6.45, 7) is 6.12. The summed E-state index contributed by atoms with van der Waals surface area (Å²) in [5.41, 5.74) is 7.54. The number of nitrogens with zero attached hydrogens (tertiary/aromatic N) is 3. The van der Waals surface area contributed by atoms with Crippen LogP contribution < -0.4 is 14.9 Å². The van der Waals surface area contributed by atoms with Gasteiger partial charge >= 0.3 is 0 Å². The highest BCUT2D eigenvalue weighted by molar-refractivity contribution is 9.10. The van der Waals surface area contributed by atoms with Gasteiger partial charge in [-0.05, 0) is 105 Å². The predicted molar refractivity (Wildman–Crippen MR) is 161 cm³/mol. The van der Waals surface area contributed by atoms with Crippen LogP contribution in [0, 0.1) is 20.8 Å². The molecule has 3 heterocycles. The third kappa shape index (κ3) is 5.08. The zero-order valence-corrected chi connectivity index (χ0v) is 24.7. The van der Waals surface area contributed by atoms with Crippen molar-refractivity contribution in [2.24, 2.45) is 0 Å². The van der Waals surface area contributed by atoms with Gasteiger partial charge in [0.25, 0.3) is 0 Å². The average Bonchev–Trinajstić information content (AvgIpc) is 3.36. The first kappa shape index (κ1) is 26.4. The molecule has 1 fully saturated rings. The number of rotatable bonds is 6. The van der Waals surface area contributed by atoms with E-state index in [2.05, 4.69) is 72.5 Å². The second-order valence-corrected chi connectivity index (χ2v) is 12.6. The van der Waals surface area contributed by atoms with Gasteiger partial charge in [0, 0.05) is 33.4 Å². The van der Waals surface area contributed by atoms with E-state index in [1.807, 2.05) is 49.4 Å². The molecule has 0 aliphatic carbocycles. The molecule has 1 aliphatic rings. The van der Waals surface area contributed by atoms with Crippen LogP contribution in [-0.2, 0) is 10.0 Å². The zero-order valence-electron chi connectivity index (χ0n) is 21.4. The highest BCUT2D eigenvalue weighted by Crippen LogP contribution is 2.44. The third-order valence-electron chi connectivity index (χ3n) is 6.76. The molecule has 0 saturated carbocycles. The van der Waals surface area contributed by atoms with E-state index in [0.717, 1.165) is 50.3 Å². The molecule has 4 aromatic rings. The van der Waals surface area contributed by atoms with Gasteiger partial charge < -0.3 is 14.8 Å². The Bertz CT molecular complexity index is 1620. The van der Waals surface area contributed by atoms with Gasteiger partial charge in [-0.15, -0.1) is 0 Å². The number of pyridine rings is 1. The van der Waals surface area contributed by atoms with E-state index < -0.39 is 10.0 Å². The molecule has 2 N–H and O–H groups in total. The van der Waals surface area contributed by atoms with E-state index in [0.29, 0.717) is 10.8 Å². The number of thiocarbonyl (C=S) groups is 1. The van der Waals surface area contributed by atoms with Gasteiger partial charge in [-0.2, -0.15) is 0 Å². The summed E-state index contributed by atoms with van der Waals surface area (Å²) in [4.78, 5) is 6.77. The van der Waals surface area contributed by atoms with E-state index in [1.54, 1.807) is 12.3 Å². The molecule has 0 amide bonds. The summed E-state index contributed by atoms with van der Waals surface area (Å²) >= 11 is 9.43. The number of aromatic nitrogens is 2. The topological polar surface area (TPSA) is 79.3 Å². The van der Waals surface area contributed by atoms with E-state index in [9.17, 15) is 8.42 Å². The summed E-state index contributed by atoms with van der Waals surface area (Å²) in [7, 11) is -3.39. The first-order valence-corrected chi connectivity index (χ1v) is 15.2. The standard InChI is InChI=1S/C28H28BrN5O2S2/c1-17-15-22(12-13-24(17)32-38(4,35)36)34-27(26(31-28(34)37)25-7-5-6-14-30-25)23-16-18(2)33(19(23)3)21-10-8-20(29)9-11-21/h5-16,26-27,32H,1-4H3,(H,31,37)/t26-,27-/m0/s1. The average molecular weight is 611 g/mol. The Morgan fingerprint density at radius 3 is 2.34 bits per heavy atom. The summed E-state index contributed by atoms with van der Waals surface area (Å²) in [5.74, 6) is 0. The highest BCUT2D eigenvalue weighted by atomic mass is 79.9. The number of halogens is 1. The number of anilines is 2. The van der Waals surface area contributed by atoms with Crippen LogP contribution in [0.4, 0.5) is 11.4 Å². The van der Waals surface area contributed by atoms with Crippen molar-refractivity contribution in [3.8, 4) is 5.69 Å². The van der Waals surface area contributed by atoms with Crippen molar-refractivity contribution in [2.45, 2.75) is 32.9 Å². The maximum atomic E-state index is 11.8. The number of sulfonamides is 1. The molecule has 1 saturated heterocycles. The quantitative estimate of drug-likeness (QED) is 0.257. The second kappa shape index (κ2) is 10.2. The fraction of sp³-hybridized carbons (Fsp3) is 0.214. The smallest absolute Gasteiger partial charge is 0.229 e. The van der Waals surface area contributed by atoms with E-state index in [-0.39, 0.29) is 12.1 Å². The molecule has 196 valence electrons. The van der Waals surface area contributed by atoms with Crippen LogP contribution in [0.25, 0.3) is 5.69 Å². The van der Waals surface area contributed by atoms with Crippen LogP contribution in [0.15, 0.2) is 77.4 Å². The fourth-order valence-electron chi connectivity index (χ4n) is 5.14. The molecule has 7 nitrogen and oxygen atoms in total. The van der Waals surface area contributed by atoms with Crippen LogP contribution in [0.5, 0.6) is 0 Å². The van der Waals surface area contributed by atoms with Gasteiger partial charge in [0.05, 0.1) is 29.7 Å². The van der Waals surface area contributed by atoms with Crippen LogP contribution in [-0.4, -0.2) is 29.3 Å². The minimum atomic E-state index is -3.39. The largest absolute Gasteiger partial charge is 0.351 e. The van der Waals surface area contributed by atoms with Crippen LogP contribution >= 0.6 is 28.1 Å².